The fraction of sp³-hybridized carbons (Fsp3) is 0.0667. The molecule has 0 unspecified atom stereocenters. The SMILES string of the molecule is CN(C(=O)COC(=O)c1ccc2nc(-c3ccccc3)c(-c3ccccc3)nc2c1)c1ccccc1. The highest BCUT2D eigenvalue weighted by Gasteiger charge is 2.17. The number of carbonyl (C=O) groups is 2. The summed E-state index contributed by atoms with van der Waals surface area (Å²) in [5.41, 5.74) is 5.61. The van der Waals surface area contributed by atoms with Crippen molar-refractivity contribution in [3.8, 4) is 22.5 Å². The third-order valence-corrected chi connectivity index (χ3v) is 5.84. The Morgan fingerprint density at radius 3 is 1.81 bits per heavy atom. The van der Waals surface area contributed by atoms with Crippen molar-refractivity contribution in [3.63, 3.8) is 0 Å². The Labute approximate surface area is 208 Å². The Kier molecular flexibility index (Phi) is 6.49. The van der Waals surface area contributed by atoms with Gasteiger partial charge >= 0.3 is 5.97 Å². The molecule has 0 radical (unpaired) electrons. The van der Waals surface area contributed by atoms with Crippen LogP contribution in [0.3, 0.4) is 0 Å². The molecule has 6 nitrogen and oxygen atoms in total. The van der Waals surface area contributed by atoms with Crippen LogP contribution >= 0.6 is 0 Å². The predicted octanol–water partition coefficient (Wildman–Crippen LogP) is 5.78. The third kappa shape index (κ3) is 4.83. The van der Waals surface area contributed by atoms with Crippen LogP contribution in [0.15, 0.2) is 109 Å². The Balaban J connectivity index is 1.43. The Bertz CT molecular complexity index is 1520. The second kappa shape index (κ2) is 10.2. The number of aromatic nitrogens is 2. The first-order valence-electron chi connectivity index (χ1n) is 11.5. The highest BCUT2D eigenvalue weighted by Crippen LogP contribution is 2.31. The molecule has 0 fully saturated rings. The summed E-state index contributed by atoms with van der Waals surface area (Å²) in [4.78, 5) is 36.5. The summed E-state index contributed by atoms with van der Waals surface area (Å²) in [7, 11) is 1.65. The Morgan fingerprint density at radius 2 is 1.22 bits per heavy atom. The smallest absolute Gasteiger partial charge is 0.338 e. The molecule has 1 heterocycles. The topological polar surface area (TPSA) is 72.4 Å². The minimum Gasteiger partial charge on any atom is -0.452 e. The van der Waals surface area contributed by atoms with E-state index in [2.05, 4.69) is 0 Å². The standard InChI is InChI=1S/C30H23N3O3/c1-33(24-15-9-4-10-16-24)27(34)20-36-30(35)23-17-18-25-26(19-23)32-29(22-13-7-3-8-14-22)28(31-25)21-11-5-2-6-12-21/h2-19H,20H2,1H3. The van der Waals surface area contributed by atoms with Crippen molar-refractivity contribution in [1.29, 1.82) is 0 Å². The number of carbonyl (C=O) groups excluding carboxylic acids is 2. The van der Waals surface area contributed by atoms with Crippen molar-refractivity contribution in [2.24, 2.45) is 0 Å². The predicted molar refractivity (Wildman–Crippen MR) is 141 cm³/mol. The van der Waals surface area contributed by atoms with Gasteiger partial charge in [-0.3, -0.25) is 4.79 Å². The molecule has 1 amide bonds. The van der Waals surface area contributed by atoms with Crippen LogP contribution in [0.4, 0.5) is 5.69 Å². The molecule has 1 aromatic heterocycles. The zero-order valence-electron chi connectivity index (χ0n) is 19.7. The van der Waals surface area contributed by atoms with E-state index in [1.54, 1.807) is 25.2 Å². The summed E-state index contributed by atoms with van der Waals surface area (Å²) in [5, 5.41) is 0. The maximum Gasteiger partial charge on any atom is 0.338 e. The molecule has 6 heteroatoms. The monoisotopic (exact) mass is 473 g/mol. The van der Waals surface area contributed by atoms with Crippen molar-refractivity contribution in [1.82, 2.24) is 9.97 Å². The second-order valence-electron chi connectivity index (χ2n) is 8.22. The van der Waals surface area contributed by atoms with Gasteiger partial charge in [0, 0.05) is 23.9 Å². The molecule has 4 aromatic carbocycles. The summed E-state index contributed by atoms with van der Waals surface area (Å²) >= 11 is 0. The number of hydrogen-bond acceptors (Lipinski definition) is 5. The van der Waals surface area contributed by atoms with Crippen LogP contribution in [0.1, 0.15) is 10.4 Å². The van der Waals surface area contributed by atoms with Crippen LogP contribution in [0.25, 0.3) is 33.5 Å². The van der Waals surface area contributed by atoms with E-state index in [0.717, 1.165) is 28.2 Å². The van der Waals surface area contributed by atoms with E-state index >= 15 is 0 Å². The molecule has 0 spiro atoms. The van der Waals surface area contributed by atoms with Gasteiger partial charge in [-0.1, -0.05) is 78.9 Å². The molecule has 5 aromatic rings. The number of para-hydroxylation sites is 1. The highest BCUT2D eigenvalue weighted by atomic mass is 16.5. The van der Waals surface area contributed by atoms with Crippen molar-refractivity contribution in [3.05, 3.63) is 115 Å². The molecule has 176 valence electrons. The van der Waals surface area contributed by atoms with Crippen LogP contribution in [0, 0.1) is 0 Å². The van der Waals surface area contributed by atoms with Crippen molar-refractivity contribution >= 4 is 28.6 Å². The molecule has 0 N–H and O–H groups in total. The Morgan fingerprint density at radius 1 is 0.694 bits per heavy atom. The first kappa shape index (κ1) is 22.9. The maximum atomic E-state index is 12.8. The van der Waals surface area contributed by atoms with E-state index in [0.29, 0.717) is 16.6 Å². The molecule has 0 aliphatic carbocycles. The van der Waals surface area contributed by atoms with Gasteiger partial charge in [0.2, 0.25) is 0 Å². The molecule has 0 saturated carbocycles. The zero-order chi connectivity index (χ0) is 24.9. The van der Waals surface area contributed by atoms with Gasteiger partial charge in [-0.15, -0.1) is 0 Å². The average molecular weight is 474 g/mol. The lowest BCUT2D eigenvalue weighted by molar-refractivity contribution is -0.121. The number of hydrogen-bond donors (Lipinski definition) is 0. The summed E-state index contributed by atoms with van der Waals surface area (Å²) in [6, 6.07) is 33.9. The van der Waals surface area contributed by atoms with Gasteiger partial charge in [0.25, 0.3) is 5.91 Å². The Hall–Kier alpha value is -4.84. The minimum atomic E-state index is -0.595. The lowest BCUT2D eigenvalue weighted by atomic mass is 10.0. The minimum absolute atomic E-state index is 0.304. The summed E-state index contributed by atoms with van der Waals surface area (Å²) in [6.45, 7) is -0.365. The molecule has 0 aliphatic heterocycles. The van der Waals surface area contributed by atoms with E-state index < -0.39 is 5.97 Å². The average Bonchev–Trinajstić information content (AvgIpc) is 2.95. The first-order chi connectivity index (χ1) is 17.6. The molecule has 0 bridgehead atoms. The van der Waals surface area contributed by atoms with Gasteiger partial charge in [-0.05, 0) is 30.3 Å². The van der Waals surface area contributed by atoms with Crippen LogP contribution < -0.4 is 4.90 Å². The maximum absolute atomic E-state index is 12.8. The van der Waals surface area contributed by atoms with Gasteiger partial charge in [0.15, 0.2) is 6.61 Å². The zero-order valence-corrected chi connectivity index (χ0v) is 19.7. The first-order valence-corrected chi connectivity index (χ1v) is 11.5. The summed E-state index contributed by atoms with van der Waals surface area (Å²) in [6.07, 6.45) is 0. The normalized spacial score (nSPS) is 10.7. The quantitative estimate of drug-likeness (QED) is 0.292. The highest BCUT2D eigenvalue weighted by molar-refractivity contribution is 5.98. The molecular formula is C30H23N3O3. The molecule has 0 atom stereocenters. The van der Waals surface area contributed by atoms with Crippen molar-refractivity contribution in [2.45, 2.75) is 0 Å². The van der Waals surface area contributed by atoms with Crippen LogP contribution in [0.5, 0.6) is 0 Å². The van der Waals surface area contributed by atoms with Gasteiger partial charge < -0.3 is 9.64 Å². The van der Waals surface area contributed by atoms with Gasteiger partial charge in [-0.2, -0.15) is 0 Å². The van der Waals surface area contributed by atoms with Crippen LogP contribution in [0.2, 0.25) is 0 Å². The largest absolute Gasteiger partial charge is 0.452 e. The third-order valence-electron chi connectivity index (χ3n) is 5.84. The van der Waals surface area contributed by atoms with E-state index in [1.807, 2.05) is 91.0 Å². The number of likely N-dealkylation sites (N-methyl/N-ethyl adjacent to an activating group) is 1. The number of rotatable bonds is 6. The number of ether oxygens (including phenoxy) is 1. The molecule has 5 rings (SSSR count). The van der Waals surface area contributed by atoms with Gasteiger partial charge in [0.1, 0.15) is 0 Å². The second-order valence-corrected chi connectivity index (χ2v) is 8.22. The molecule has 36 heavy (non-hydrogen) atoms. The number of benzene rings is 4. The number of nitrogens with zero attached hydrogens (tertiary/aromatic N) is 3. The number of esters is 1. The fourth-order valence-corrected chi connectivity index (χ4v) is 3.88. The molecule has 0 saturated heterocycles. The van der Waals surface area contributed by atoms with Crippen LogP contribution in [-0.4, -0.2) is 35.5 Å². The number of amides is 1. The van der Waals surface area contributed by atoms with E-state index in [-0.39, 0.29) is 12.5 Å². The summed E-state index contributed by atoms with van der Waals surface area (Å²) in [5.74, 6) is -0.920. The summed E-state index contributed by atoms with van der Waals surface area (Å²) < 4.78 is 5.31. The van der Waals surface area contributed by atoms with E-state index in [1.165, 1.54) is 4.90 Å². The molecular weight excluding hydrogens is 450 g/mol. The van der Waals surface area contributed by atoms with Crippen LogP contribution in [-0.2, 0) is 9.53 Å². The number of anilines is 1. The molecule has 0 aliphatic rings. The fourth-order valence-electron chi connectivity index (χ4n) is 3.88. The van der Waals surface area contributed by atoms with Gasteiger partial charge in [-0.25, -0.2) is 14.8 Å². The van der Waals surface area contributed by atoms with E-state index in [4.69, 9.17) is 14.7 Å². The lowest BCUT2D eigenvalue weighted by Crippen LogP contribution is -2.31. The van der Waals surface area contributed by atoms with Crippen molar-refractivity contribution in [2.75, 3.05) is 18.6 Å². The van der Waals surface area contributed by atoms with E-state index in [9.17, 15) is 9.59 Å². The van der Waals surface area contributed by atoms with Gasteiger partial charge in [0.05, 0.1) is 28.0 Å². The number of fused-ring (bicyclic) bond motifs is 1. The lowest BCUT2D eigenvalue weighted by Gasteiger charge is -2.17. The van der Waals surface area contributed by atoms with Crippen molar-refractivity contribution < 1.29 is 14.3 Å².